The molecule has 11 heteroatoms. The number of aromatic nitrogens is 2. The number of pyridine rings is 1. The topological polar surface area (TPSA) is 175 Å². The molecule has 3 aromatic rings. The molecule has 1 aliphatic carbocycles. The fraction of sp³-hybridized carbons (Fsp3) is 0.462. The van der Waals surface area contributed by atoms with Gasteiger partial charge in [0.2, 0.25) is 6.29 Å². The Bertz CT molecular complexity index is 1350. The first kappa shape index (κ1) is 24.3. The Kier molecular flexibility index (Phi) is 6.14. The van der Waals surface area contributed by atoms with Crippen LogP contribution in [0.4, 0.5) is 0 Å². The average molecular weight is 513 g/mol. The summed E-state index contributed by atoms with van der Waals surface area (Å²) in [6.07, 6.45) is -4.14. The number of carboxylic acid groups (broad SMARTS) is 1. The number of aliphatic hydroxyl groups excluding tert-OH is 4. The van der Waals surface area contributed by atoms with Crippen LogP contribution in [0.1, 0.15) is 24.5 Å². The van der Waals surface area contributed by atoms with Crippen molar-refractivity contribution in [2.45, 2.75) is 55.8 Å². The summed E-state index contributed by atoms with van der Waals surface area (Å²) >= 11 is 0. The minimum atomic E-state index is -1.60. The molecule has 37 heavy (non-hydrogen) atoms. The van der Waals surface area contributed by atoms with E-state index in [2.05, 4.69) is 9.97 Å². The molecule has 6 N–H and O–H groups in total. The molecule has 0 amide bonds. The maximum atomic E-state index is 12.2. The van der Waals surface area contributed by atoms with Crippen LogP contribution in [-0.4, -0.2) is 85.1 Å². The van der Waals surface area contributed by atoms with Crippen molar-refractivity contribution in [2.75, 3.05) is 6.61 Å². The second-order valence-electron chi connectivity index (χ2n) is 9.88. The molecule has 2 aromatic heterocycles. The molecule has 0 radical (unpaired) electrons. The number of benzene rings is 1. The first-order valence-electron chi connectivity index (χ1n) is 12.3. The summed E-state index contributed by atoms with van der Waals surface area (Å²) in [6, 6.07) is 9.86. The number of aromatic amines is 1. The van der Waals surface area contributed by atoms with Gasteiger partial charge in [-0.3, -0.25) is 4.98 Å². The fourth-order valence-corrected chi connectivity index (χ4v) is 6.12. The number of hydrogen-bond acceptors (Lipinski definition) is 9. The molecule has 9 atom stereocenters. The zero-order valence-corrected chi connectivity index (χ0v) is 19.7. The van der Waals surface area contributed by atoms with Crippen LogP contribution in [0.2, 0.25) is 0 Å². The number of carboxylic acids is 1. The number of aliphatic hydroxyl groups is 4. The Morgan fingerprint density at radius 3 is 2.65 bits per heavy atom. The lowest BCUT2D eigenvalue weighted by molar-refractivity contribution is -0.341. The van der Waals surface area contributed by atoms with Gasteiger partial charge in [0, 0.05) is 40.2 Å². The number of ether oxygens (including phenoxy) is 3. The summed E-state index contributed by atoms with van der Waals surface area (Å²) in [7, 11) is 0. The van der Waals surface area contributed by atoms with E-state index in [0.717, 1.165) is 27.5 Å². The largest absolute Gasteiger partial charge is 0.478 e. The van der Waals surface area contributed by atoms with Crippen molar-refractivity contribution in [2.24, 2.45) is 11.8 Å². The summed E-state index contributed by atoms with van der Waals surface area (Å²) < 4.78 is 17.1. The van der Waals surface area contributed by atoms with Gasteiger partial charge in [0.1, 0.15) is 24.4 Å². The smallest absolute Gasteiger partial charge is 0.335 e. The molecule has 1 saturated carbocycles. The minimum Gasteiger partial charge on any atom is -0.478 e. The van der Waals surface area contributed by atoms with E-state index in [1.54, 1.807) is 6.20 Å². The Labute approximate surface area is 210 Å². The third kappa shape index (κ3) is 3.90. The van der Waals surface area contributed by atoms with Gasteiger partial charge < -0.3 is 44.7 Å². The van der Waals surface area contributed by atoms with Gasteiger partial charge in [0.25, 0.3) is 0 Å². The van der Waals surface area contributed by atoms with Gasteiger partial charge in [-0.2, -0.15) is 0 Å². The standard InChI is InChI=1S/C26H28N2O9/c29-9-17-21(30)22(31)23(32)26(36-17)37-25-14-6-5-13(18(14)15(10-35-25)24(33)34)19-20-12(7-8-27-19)11-3-1-2-4-16(11)28-20/h1-4,7-8,10,13-14,17-18,21-23,25-26,28-32H,5-6,9H2,(H,33,34)/t13-,14-,17-,18+,21-,22+,23-,25+,26+/m1/s1. The van der Waals surface area contributed by atoms with Crippen molar-refractivity contribution in [3.63, 3.8) is 0 Å². The lowest BCUT2D eigenvalue weighted by atomic mass is 9.79. The summed E-state index contributed by atoms with van der Waals surface area (Å²) in [4.78, 5) is 20.3. The van der Waals surface area contributed by atoms with E-state index in [-0.39, 0.29) is 11.5 Å². The van der Waals surface area contributed by atoms with Gasteiger partial charge in [-0.05, 0) is 25.0 Å². The Morgan fingerprint density at radius 2 is 1.86 bits per heavy atom. The molecule has 11 nitrogen and oxygen atoms in total. The molecule has 196 valence electrons. The first-order valence-corrected chi connectivity index (χ1v) is 12.3. The quantitative estimate of drug-likeness (QED) is 0.289. The number of para-hydroxylation sites is 1. The Morgan fingerprint density at radius 1 is 1.05 bits per heavy atom. The normalized spacial score (nSPS) is 35.8. The number of nitrogens with zero attached hydrogens (tertiary/aromatic N) is 1. The molecule has 0 unspecified atom stereocenters. The van der Waals surface area contributed by atoms with E-state index in [1.165, 1.54) is 6.26 Å². The highest BCUT2D eigenvalue weighted by molar-refractivity contribution is 6.07. The second kappa shape index (κ2) is 9.35. The van der Waals surface area contributed by atoms with Crippen LogP contribution in [0.15, 0.2) is 48.4 Å². The van der Waals surface area contributed by atoms with E-state index in [0.29, 0.717) is 12.8 Å². The maximum Gasteiger partial charge on any atom is 0.335 e. The summed E-state index contributed by atoms with van der Waals surface area (Å²) in [5.74, 6) is -2.24. The van der Waals surface area contributed by atoms with E-state index in [9.17, 15) is 30.3 Å². The third-order valence-corrected chi connectivity index (χ3v) is 7.92. The van der Waals surface area contributed by atoms with Gasteiger partial charge in [-0.15, -0.1) is 0 Å². The zero-order chi connectivity index (χ0) is 25.8. The molecule has 3 aliphatic rings. The highest BCUT2D eigenvalue weighted by Gasteiger charge is 2.52. The molecule has 1 aromatic carbocycles. The molecule has 0 spiro atoms. The van der Waals surface area contributed by atoms with E-state index in [1.807, 2.05) is 30.3 Å². The van der Waals surface area contributed by atoms with E-state index in [4.69, 9.17) is 14.2 Å². The molecule has 2 aliphatic heterocycles. The van der Waals surface area contributed by atoms with Crippen LogP contribution in [0.5, 0.6) is 0 Å². The van der Waals surface area contributed by atoms with Gasteiger partial charge in [-0.1, -0.05) is 18.2 Å². The molecule has 0 bridgehead atoms. The maximum absolute atomic E-state index is 12.2. The van der Waals surface area contributed by atoms with Gasteiger partial charge >= 0.3 is 5.97 Å². The number of fused-ring (bicyclic) bond motifs is 4. The van der Waals surface area contributed by atoms with Crippen LogP contribution in [0.3, 0.4) is 0 Å². The number of nitrogens with one attached hydrogen (secondary N) is 1. The molecule has 2 fully saturated rings. The number of carbonyl (C=O) groups is 1. The molecule has 1 saturated heterocycles. The van der Waals surface area contributed by atoms with Crippen LogP contribution < -0.4 is 0 Å². The van der Waals surface area contributed by atoms with Crippen molar-refractivity contribution < 1.29 is 44.5 Å². The van der Waals surface area contributed by atoms with Crippen molar-refractivity contribution in [1.82, 2.24) is 9.97 Å². The summed E-state index contributed by atoms with van der Waals surface area (Å²) in [6.45, 7) is -0.590. The number of H-pyrrole nitrogens is 1. The average Bonchev–Trinajstić information content (AvgIpc) is 3.51. The van der Waals surface area contributed by atoms with E-state index < -0.39 is 61.4 Å². The van der Waals surface area contributed by atoms with Gasteiger partial charge in [-0.25, -0.2) is 4.79 Å². The van der Waals surface area contributed by atoms with Gasteiger partial charge in [0.15, 0.2) is 6.29 Å². The zero-order valence-electron chi connectivity index (χ0n) is 19.7. The second-order valence-corrected chi connectivity index (χ2v) is 9.88. The predicted molar refractivity (Wildman–Crippen MR) is 128 cm³/mol. The highest BCUT2D eigenvalue weighted by atomic mass is 16.8. The van der Waals surface area contributed by atoms with Crippen molar-refractivity contribution in [3.8, 4) is 0 Å². The van der Waals surface area contributed by atoms with Crippen molar-refractivity contribution >= 4 is 27.8 Å². The lowest BCUT2D eigenvalue weighted by Crippen LogP contribution is -2.60. The highest BCUT2D eigenvalue weighted by Crippen LogP contribution is 2.52. The fourth-order valence-electron chi connectivity index (χ4n) is 6.12. The molecular weight excluding hydrogens is 484 g/mol. The summed E-state index contributed by atoms with van der Waals surface area (Å²) in [5.41, 5.74) is 2.70. The van der Waals surface area contributed by atoms with Crippen molar-refractivity contribution in [1.29, 1.82) is 0 Å². The summed E-state index contributed by atoms with van der Waals surface area (Å²) in [5, 5.41) is 52.2. The molecule has 6 rings (SSSR count). The third-order valence-electron chi connectivity index (χ3n) is 7.92. The van der Waals surface area contributed by atoms with E-state index >= 15 is 0 Å². The monoisotopic (exact) mass is 512 g/mol. The first-order chi connectivity index (χ1) is 17.9. The Hall–Kier alpha value is -3.06. The lowest BCUT2D eigenvalue weighted by Gasteiger charge is -2.42. The SMILES string of the molecule is O=C(O)C1=CO[C@@H](O[C@@H]2O[C@H](CO)[C@@H](O)[C@H](O)[C@H]2O)[C@@H]2CC[C@@H](c3nccc4c3[nH]c3ccccc34)[C@H]12. The number of hydrogen-bond donors (Lipinski definition) is 6. The van der Waals surface area contributed by atoms with Crippen LogP contribution in [-0.2, 0) is 19.0 Å². The van der Waals surface area contributed by atoms with Gasteiger partial charge in [0.05, 0.1) is 29.7 Å². The molecular formula is C26H28N2O9. The Balaban J connectivity index is 1.34. The van der Waals surface area contributed by atoms with Crippen LogP contribution in [0.25, 0.3) is 21.8 Å². The number of rotatable bonds is 5. The number of aliphatic carboxylic acids is 1. The van der Waals surface area contributed by atoms with Crippen LogP contribution >= 0.6 is 0 Å². The van der Waals surface area contributed by atoms with Crippen molar-refractivity contribution in [3.05, 3.63) is 54.1 Å². The molecule has 4 heterocycles. The van der Waals surface area contributed by atoms with Crippen LogP contribution in [0, 0.1) is 11.8 Å². The predicted octanol–water partition coefficient (Wildman–Crippen LogP) is 0.967. The minimum absolute atomic E-state index is 0.107.